The molecular weight excluding hydrogens is 325 g/mol. The topological polar surface area (TPSA) is 50.4 Å². The standard InChI is InChI=1S/C20H30BN3O2/c1-7-12-24(6)14-18-22-13-17(23-18)15-8-10-16(11-9-15)21-25-19(2,3)20(4,5)26-21/h8-11,13H,7,12,14H2,1-6H3,(H,22,23). The lowest BCUT2D eigenvalue weighted by atomic mass is 9.79. The van der Waals surface area contributed by atoms with E-state index in [1.807, 2.05) is 6.20 Å². The molecule has 0 saturated carbocycles. The van der Waals surface area contributed by atoms with Crippen LogP contribution in [0.1, 0.15) is 46.9 Å². The van der Waals surface area contributed by atoms with E-state index in [9.17, 15) is 0 Å². The molecule has 5 nitrogen and oxygen atoms in total. The summed E-state index contributed by atoms with van der Waals surface area (Å²) in [7, 11) is 1.79. The molecule has 26 heavy (non-hydrogen) atoms. The average molecular weight is 355 g/mol. The fourth-order valence-electron chi connectivity index (χ4n) is 3.10. The Morgan fingerprint density at radius 3 is 2.27 bits per heavy atom. The van der Waals surface area contributed by atoms with Crippen molar-refractivity contribution in [2.75, 3.05) is 13.6 Å². The maximum atomic E-state index is 6.12. The minimum absolute atomic E-state index is 0.320. The van der Waals surface area contributed by atoms with Crippen molar-refractivity contribution in [1.29, 1.82) is 0 Å². The Bertz CT molecular complexity index is 724. The minimum Gasteiger partial charge on any atom is -0.399 e. The van der Waals surface area contributed by atoms with Crippen molar-refractivity contribution >= 4 is 12.6 Å². The molecule has 2 heterocycles. The SMILES string of the molecule is CCCN(C)Cc1ncc(-c2ccc(B3OC(C)(C)C(C)(C)O3)cc2)[nH]1. The zero-order valence-corrected chi connectivity index (χ0v) is 16.8. The summed E-state index contributed by atoms with van der Waals surface area (Å²) in [6, 6.07) is 8.32. The molecule has 1 aliphatic heterocycles. The van der Waals surface area contributed by atoms with Crippen molar-refractivity contribution in [2.45, 2.75) is 58.8 Å². The normalized spacial score (nSPS) is 18.7. The first kappa shape index (κ1) is 19.1. The maximum absolute atomic E-state index is 6.12. The van der Waals surface area contributed by atoms with E-state index in [2.05, 4.69) is 80.8 Å². The van der Waals surface area contributed by atoms with Gasteiger partial charge in [-0.05, 0) is 58.7 Å². The highest BCUT2D eigenvalue weighted by atomic mass is 16.7. The Hall–Kier alpha value is -1.63. The van der Waals surface area contributed by atoms with E-state index in [0.29, 0.717) is 0 Å². The molecule has 0 amide bonds. The number of rotatable bonds is 6. The Kier molecular flexibility index (Phi) is 5.29. The fourth-order valence-corrected chi connectivity index (χ4v) is 3.10. The van der Waals surface area contributed by atoms with Crippen LogP contribution >= 0.6 is 0 Å². The van der Waals surface area contributed by atoms with Gasteiger partial charge in [0.25, 0.3) is 0 Å². The number of H-pyrrole nitrogens is 1. The summed E-state index contributed by atoms with van der Waals surface area (Å²) in [5, 5.41) is 0. The zero-order chi connectivity index (χ0) is 18.9. The van der Waals surface area contributed by atoms with Gasteiger partial charge in [-0.25, -0.2) is 4.98 Å². The van der Waals surface area contributed by atoms with Crippen LogP contribution in [0.4, 0.5) is 0 Å². The molecule has 0 bridgehead atoms. The maximum Gasteiger partial charge on any atom is 0.494 e. The summed E-state index contributed by atoms with van der Waals surface area (Å²) in [6.07, 6.45) is 3.05. The Labute approximate surface area is 157 Å². The highest BCUT2D eigenvalue weighted by molar-refractivity contribution is 6.62. The molecule has 3 rings (SSSR count). The summed E-state index contributed by atoms with van der Waals surface area (Å²) < 4.78 is 12.2. The number of hydrogen-bond donors (Lipinski definition) is 1. The van der Waals surface area contributed by atoms with Gasteiger partial charge in [0.05, 0.1) is 29.6 Å². The first-order chi connectivity index (χ1) is 12.2. The van der Waals surface area contributed by atoms with Gasteiger partial charge in [-0.1, -0.05) is 31.2 Å². The molecule has 0 unspecified atom stereocenters. The zero-order valence-electron chi connectivity index (χ0n) is 16.8. The molecule has 1 aliphatic rings. The van der Waals surface area contributed by atoms with Crippen LogP contribution < -0.4 is 5.46 Å². The van der Waals surface area contributed by atoms with Crippen LogP contribution in [-0.4, -0.2) is 46.8 Å². The molecule has 0 aliphatic carbocycles. The van der Waals surface area contributed by atoms with Crippen molar-refractivity contribution in [3.05, 3.63) is 36.3 Å². The summed E-state index contributed by atoms with van der Waals surface area (Å²) in [5.41, 5.74) is 2.54. The smallest absolute Gasteiger partial charge is 0.399 e. The third-order valence-electron chi connectivity index (χ3n) is 5.40. The summed E-state index contributed by atoms with van der Waals surface area (Å²) >= 11 is 0. The van der Waals surface area contributed by atoms with Gasteiger partial charge in [-0.2, -0.15) is 0 Å². The predicted octanol–water partition coefficient (Wildman–Crippen LogP) is 3.22. The van der Waals surface area contributed by atoms with Crippen LogP contribution in [0, 0.1) is 0 Å². The molecule has 1 aromatic carbocycles. The van der Waals surface area contributed by atoms with E-state index in [0.717, 1.165) is 42.1 Å². The molecule has 0 spiro atoms. The number of nitrogens with one attached hydrogen (secondary N) is 1. The van der Waals surface area contributed by atoms with E-state index >= 15 is 0 Å². The van der Waals surface area contributed by atoms with Gasteiger partial charge in [0, 0.05) is 0 Å². The van der Waals surface area contributed by atoms with Crippen LogP contribution in [0.3, 0.4) is 0 Å². The minimum atomic E-state index is -0.325. The van der Waals surface area contributed by atoms with Crippen molar-refractivity contribution < 1.29 is 9.31 Å². The number of imidazole rings is 1. The van der Waals surface area contributed by atoms with Gasteiger partial charge in [0.15, 0.2) is 0 Å². The van der Waals surface area contributed by atoms with E-state index in [1.54, 1.807) is 0 Å². The van der Waals surface area contributed by atoms with Crippen LogP contribution in [0.2, 0.25) is 0 Å². The second-order valence-electron chi connectivity index (χ2n) is 8.19. The lowest BCUT2D eigenvalue weighted by molar-refractivity contribution is 0.00578. The van der Waals surface area contributed by atoms with E-state index in [-0.39, 0.29) is 18.3 Å². The third kappa shape index (κ3) is 3.87. The van der Waals surface area contributed by atoms with Crippen molar-refractivity contribution in [3.8, 4) is 11.3 Å². The number of hydrogen-bond acceptors (Lipinski definition) is 4. The lowest BCUT2D eigenvalue weighted by Crippen LogP contribution is -2.41. The molecular formula is C20H30BN3O2. The molecule has 140 valence electrons. The average Bonchev–Trinajstić information content (AvgIpc) is 3.10. The van der Waals surface area contributed by atoms with Crippen molar-refractivity contribution in [2.24, 2.45) is 0 Å². The molecule has 0 radical (unpaired) electrons. The quantitative estimate of drug-likeness (QED) is 0.809. The van der Waals surface area contributed by atoms with Crippen LogP contribution in [0.15, 0.2) is 30.5 Å². The summed E-state index contributed by atoms with van der Waals surface area (Å²) in [6.45, 7) is 12.4. The van der Waals surface area contributed by atoms with Crippen molar-refractivity contribution in [3.63, 3.8) is 0 Å². The van der Waals surface area contributed by atoms with Gasteiger partial charge in [0.1, 0.15) is 5.82 Å². The monoisotopic (exact) mass is 355 g/mol. The second-order valence-corrected chi connectivity index (χ2v) is 8.19. The second kappa shape index (κ2) is 7.18. The number of benzene rings is 1. The van der Waals surface area contributed by atoms with Crippen LogP contribution in [-0.2, 0) is 15.9 Å². The number of aromatic amines is 1. The number of nitrogens with zero attached hydrogens (tertiary/aromatic N) is 2. The van der Waals surface area contributed by atoms with E-state index in [1.165, 1.54) is 0 Å². The molecule has 2 aromatic rings. The van der Waals surface area contributed by atoms with Crippen LogP contribution in [0.25, 0.3) is 11.3 Å². The van der Waals surface area contributed by atoms with Gasteiger partial charge < -0.3 is 14.3 Å². The van der Waals surface area contributed by atoms with Gasteiger partial charge in [0.2, 0.25) is 0 Å². The number of aromatic nitrogens is 2. The highest BCUT2D eigenvalue weighted by Crippen LogP contribution is 2.36. The Morgan fingerprint density at radius 1 is 1.08 bits per heavy atom. The third-order valence-corrected chi connectivity index (χ3v) is 5.40. The Morgan fingerprint density at radius 2 is 1.69 bits per heavy atom. The predicted molar refractivity (Wildman–Crippen MR) is 106 cm³/mol. The van der Waals surface area contributed by atoms with Gasteiger partial charge >= 0.3 is 7.12 Å². The van der Waals surface area contributed by atoms with E-state index < -0.39 is 0 Å². The summed E-state index contributed by atoms with van der Waals surface area (Å²) in [4.78, 5) is 10.2. The van der Waals surface area contributed by atoms with Crippen molar-refractivity contribution in [1.82, 2.24) is 14.9 Å². The first-order valence-electron chi connectivity index (χ1n) is 9.40. The van der Waals surface area contributed by atoms with Crippen LogP contribution in [0.5, 0.6) is 0 Å². The lowest BCUT2D eigenvalue weighted by Gasteiger charge is -2.32. The first-order valence-corrected chi connectivity index (χ1v) is 9.40. The Balaban J connectivity index is 1.70. The van der Waals surface area contributed by atoms with Gasteiger partial charge in [-0.15, -0.1) is 0 Å². The molecule has 0 atom stereocenters. The largest absolute Gasteiger partial charge is 0.494 e. The molecule has 1 N–H and O–H groups in total. The molecule has 1 fully saturated rings. The molecule has 1 aromatic heterocycles. The van der Waals surface area contributed by atoms with Gasteiger partial charge in [-0.3, -0.25) is 4.90 Å². The molecule has 6 heteroatoms. The summed E-state index contributed by atoms with van der Waals surface area (Å²) in [5.74, 6) is 0.992. The fraction of sp³-hybridized carbons (Fsp3) is 0.550. The van der Waals surface area contributed by atoms with E-state index in [4.69, 9.17) is 9.31 Å². The highest BCUT2D eigenvalue weighted by Gasteiger charge is 2.51. The molecule has 1 saturated heterocycles.